The molecular weight excluding hydrogens is 326 g/mol. The number of hydrogen-bond acceptors (Lipinski definition) is 6. The van der Waals surface area contributed by atoms with Crippen LogP contribution in [0.5, 0.6) is 6.01 Å². The van der Waals surface area contributed by atoms with Crippen molar-refractivity contribution in [3.05, 3.63) is 41.1 Å². The van der Waals surface area contributed by atoms with Gasteiger partial charge in [-0.3, -0.25) is 0 Å². The fourth-order valence-corrected chi connectivity index (χ4v) is 3.33. The molecule has 0 spiro atoms. The molecule has 0 fully saturated rings. The van der Waals surface area contributed by atoms with E-state index in [0.29, 0.717) is 18.5 Å². The lowest BCUT2D eigenvalue weighted by molar-refractivity contribution is 0.242. The van der Waals surface area contributed by atoms with Crippen molar-refractivity contribution in [2.24, 2.45) is 11.7 Å². The van der Waals surface area contributed by atoms with Crippen molar-refractivity contribution in [2.45, 2.75) is 19.9 Å². The monoisotopic (exact) mass is 345 g/mol. The molecule has 3 rings (SSSR count). The van der Waals surface area contributed by atoms with Gasteiger partial charge in [-0.25, -0.2) is 0 Å². The first-order chi connectivity index (χ1) is 11.1. The van der Waals surface area contributed by atoms with Crippen LogP contribution in [-0.2, 0) is 0 Å². The van der Waals surface area contributed by atoms with E-state index < -0.39 is 0 Å². The normalized spacial score (nSPS) is 12.5. The van der Waals surface area contributed by atoms with Crippen molar-refractivity contribution >= 4 is 22.7 Å². The van der Waals surface area contributed by atoms with Gasteiger partial charge in [0.2, 0.25) is 0 Å². The van der Waals surface area contributed by atoms with E-state index in [9.17, 15) is 0 Å². The summed E-state index contributed by atoms with van der Waals surface area (Å²) in [5.41, 5.74) is 7.82. The Hall–Kier alpha value is -1.76. The van der Waals surface area contributed by atoms with Gasteiger partial charge in [-0.1, -0.05) is 26.0 Å². The average molecular weight is 345 g/mol. The molecule has 6 heteroatoms. The van der Waals surface area contributed by atoms with Crippen molar-refractivity contribution in [1.29, 1.82) is 0 Å². The van der Waals surface area contributed by atoms with Crippen LogP contribution in [0.3, 0.4) is 0 Å². The van der Waals surface area contributed by atoms with Gasteiger partial charge < -0.3 is 10.5 Å². The molecule has 0 aliphatic carbocycles. The highest BCUT2D eigenvalue weighted by atomic mass is 32.1. The van der Waals surface area contributed by atoms with Crippen LogP contribution in [0.1, 0.15) is 13.8 Å². The molecule has 23 heavy (non-hydrogen) atoms. The summed E-state index contributed by atoms with van der Waals surface area (Å²) in [6.45, 7) is 4.57. The van der Waals surface area contributed by atoms with Crippen LogP contribution in [0.2, 0.25) is 0 Å². The zero-order valence-corrected chi connectivity index (χ0v) is 14.7. The summed E-state index contributed by atoms with van der Waals surface area (Å²) in [5.74, 6) is 0.354. The zero-order valence-electron chi connectivity index (χ0n) is 13.1. The summed E-state index contributed by atoms with van der Waals surface area (Å²) < 4.78 is 5.77. The Morgan fingerprint density at radius 3 is 2.04 bits per heavy atom. The molecule has 3 aromatic heterocycles. The summed E-state index contributed by atoms with van der Waals surface area (Å²) in [7, 11) is 0. The number of rotatable bonds is 6. The summed E-state index contributed by atoms with van der Waals surface area (Å²) >= 11 is 3.31. The highest BCUT2D eigenvalue weighted by Gasteiger charge is 2.13. The van der Waals surface area contributed by atoms with Gasteiger partial charge >= 0.3 is 6.01 Å². The lowest BCUT2D eigenvalue weighted by Gasteiger charge is -2.16. The average Bonchev–Trinajstić information content (AvgIpc) is 3.24. The van der Waals surface area contributed by atoms with Gasteiger partial charge in [0.1, 0.15) is 6.61 Å². The van der Waals surface area contributed by atoms with Gasteiger partial charge in [-0.05, 0) is 34.9 Å². The minimum atomic E-state index is -0.0332. The third-order valence-corrected chi connectivity index (χ3v) is 5.30. The van der Waals surface area contributed by atoms with Crippen LogP contribution < -0.4 is 10.5 Å². The fourth-order valence-electron chi connectivity index (χ4n) is 1.95. The molecule has 0 amide bonds. The first kappa shape index (κ1) is 16.1. The maximum absolute atomic E-state index is 6.05. The third kappa shape index (κ3) is 3.96. The smallest absolute Gasteiger partial charge is 0.317 e. The molecule has 0 bridgehead atoms. The lowest BCUT2D eigenvalue weighted by Crippen LogP contribution is -2.33. The SMILES string of the molecule is CC(C)[C@H](N)COc1nc(-c2cccs2)cc(-c2cccs2)n1. The van der Waals surface area contributed by atoms with Gasteiger partial charge in [0.15, 0.2) is 0 Å². The zero-order chi connectivity index (χ0) is 16.2. The van der Waals surface area contributed by atoms with E-state index in [4.69, 9.17) is 10.5 Å². The number of aromatic nitrogens is 2. The van der Waals surface area contributed by atoms with Gasteiger partial charge in [0.25, 0.3) is 0 Å². The lowest BCUT2D eigenvalue weighted by atomic mass is 10.1. The molecule has 4 nitrogen and oxygen atoms in total. The molecule has 3 heterocycles. The minimum absolute atomic E-state index is 0.0332. The van der Waals surface area contributed by atoms with Crippen LogP contribution in [0.4, 0.5) is 0 Å². The van der Waals surface area contributed by atoms with Gasteiger partial charge in [0, 0.05) is 6.04 Å². The van der Waals surface area contributed by atoms with Gasteiger partial charge in [-0.15, -0.1) is 22.7 Å². The molecule has 0 saturated carbocycles. The summed E-state index contributed by atoms with van der Waals surface area (Å²) in [6, 6.07) is 10.5. The molecule has 0 unspecified atom stereocenters. The Kier molecular flexibility index (Phi) is 5.05. The second-order valence-corrected chi connectivity index (χ2v) is 7.49. The Balaban J connectivity index is 1.92. The predicted molar refractivity (Wildman–Crippen MR) is 97.0 cm³/mol. The van der Waals surface area contributed by atoms with E-state index in [1.54, 1.807) is 22.7 Å². The molecular formula is C17H19N3OS2. The van der Waals surface area contributed by atoms with Gasteiger partial charge in [0.05, 0.1) is 21.1 Å². The van der Waals surface area contributed by atoms with E-state index in [-0.39, 0.29) is 6.04 Å². The van der Waals surface area contributed by atoms with Crippen LogP contribution in [0, 0.1) is 5.92 Å². The number of thiophene rings is 2. The first-order valence-corrected chi connectivity index (χ1v) is 9.24. The Labute approximate surface area is 144 Å². The first-order valence-electron chi connectivity index (χ1n) is 7.48. The van der Waals surface area contributed by atoms with Crippen LogP contribution >= 0.6 is 22.7 Å². The van der Waals surface area contributed by atoms with Gasteiger partial charge in [-0.2, -0.15) is 9.97 Å². The second kappa shape index (κ2) is 7.21. The molecule has 0 aliphatic rings. The van der Waals surface area contributed by atoms with Crippen molar-refractivity contribution < 1.29 is 4.74 Å². The summed E-state index contributed by atoms with van der Waals surface area (Å²) in [4.78, 5) is 11.3. The molecule has 1 atom stereocenters. The Bertz CT molecular complexity index is 687. The summed E-state index contributed by atoms with van der Waals surface area (Å²) in [6.07, 6.45) is 0. The van der Waals surface area contributed by atoms with Crippen molar-refractivity contribution in [2.75, 3.05) is 6.61 Å². The predicted octanol–water partition coefficient (Wildman–Crippen LogP) is 4.30. The second-order valence-electron chi connectivity index (χ2n) is 5.59. The van der Waals surface area contributed by atoms with Crippen LogP contribution in [-0.4, -0.2) is 22.6 Å². The third-order valence-electron chi connectivity index (χ3n) is 3.51. The van der Waals surface area contributed by atoms with Crippen LogP contribution in [0.25, 0.3) is 21.1 Å². The number of hydrogen-bond donors (Lipinski definition) is 1. The van der Waals surface area contributed by atoms with Crippen molar-refractivity contribution in [3.8, 4) is 27.2 Å². The highest BCUT2D eigenvalue weighted by molar-refractivity contribution is 7.13. The topological polar surface area (TPSA) is 61.0 Å². The summed E-state index contributed by atoms with van der Waals surface area (Å²) in [5, 5.41) is 4.08. The minimum Gasteiger partial charge on any atom is -0.462 e. The van der Waals surface area contributed by atoms with E-state index in [1.165, 1.54) is 0 Å². The van der Waals surface area contributed by atoms with Crippen molar-refractivity contribution in [1.82, 2.24) is 9.97 Å². The largest absolute Gasteiger partial charge is 0.462 e. The fraction of sp³-hybridized carbons (Fsp3) is 0.294. The number of ether oxygens (including phenoxy) is 1. The number of nitrogens with zero attached hydrogens (tertiary/aromatic N) is 2. The molecule has 0 radical (unpaired) electrons. The molecule has 3 aromatic rings. The molecule has 120 valence electrons. The quantitative estimate of drug-likeness (QED) is 0.724. The molecule has 0 aromatic carbocycles. The van der Waals surface area contributed by atoms with E-state index >= 15 is 0 Å². The van der Waals surface area contributed by atoms with E-state index in [1.807, 2.05) is 29.0 Å². The van der Waals surface area contributed by atoms with E-state index in [0.717, 1.165) is 21.1 Å². The van der Waals surface area contributed by atoms with E-state index in [2.05, 4.69) is 35.9 Å². The molecule has 0 saturated heterocycles. The highest BCUT2D eigenvalue weighted by Crippen LogP contribution is 2.30. The maximum atomic E-state index is 6.05. The molecule has 0 aliphatic heterocycles. The van der Waals surface area contributed by atoms with Crippen molar-refractivity contribution in [3.63, 3.8) is 0 Å². The Morgan fingerprint density at radius 2 is 1.61 bits per heavy atom. The number of nitrogens with two attached hydrogens (primary N) is 1. The maximum Gasteiger partial charge on any atom is 0.317 e. The van der Waals surface area contributed by atoms with Crippen LogP contribution in [0.15, 0.2) is 41.1 Å². The standard InChI is InChI=1S/C17H19N3OS2/c1-11(2)12(18)10-21-17-19-13(15-5-3-7-22-15)9-14(20-17)16-6-4-8-23-16/h3-9,11-12H,10,18H2,1-2H3/t12-/m1/s1. The Morgan fingerprint density at radius 1 is 1.04 bits per heavy atom. The molecule has 2 N–H and O–H groups in total.